The average Bonchev–Trinajstić information content (AvgIpc) is 3.60. The number of carboxylic acid groups (broad SMARTS) is 1. The Bertz CT molecular complexity index is 1560. The quantitative estimate of drug-likeness (QED) is 0.0198. The number of rotatable bonds is 37. The fraction of sp³-hybridized carbons (Fsp3) is 0.583. The first-order valence-corrected chi connectivity index (χ1v) is 23.8. The number of carbonyl (C=O) groups is 4. The molecule has 5 N–H and O–H groups in total. The van der Waals surface area contributed by atoms with E-state index >= 15 is 0 Å². The predicted octanol–water partition coefficient (Wildman–Crippen LogP) is 9.67. The summed E-state index contributed by atoms with van der Waals surface area (Å²) in [7, 11) is -4.79. The summed E-state index contributed by atoms with van der Waals surface area (Å²) in [6.07, 6.45) is 43.9. The molecule has 0 aliphatic heterocycles. The fourth-order valence-electron chi connectivity index (χ4n) is 5.96. The second-order valence-corrected chi connectivity index (χ2v) is 16.6. The maximum absolute atomic E-state index is 12.7. The van der Waals surface area contributed by atoms with Crippen LogP contribution in [0.4, 0.5) is 0 Å². The van der Waals surface area contributed by atoms with Crippen LogP contribution in [0, 0.1) is 11.8 Å². The molecular weight excluding hydrogens is 813 g/mol. The molecule has 0 aromatic rings. The molecule has 13 nitrogen and oxygen atoms in total. The number of carbonyl (C=O) groups excluding carboxylic acids is 3. The monoisotopic (exact) mass is 887 g/mol. The molecule has 348 valence electrons. The second kappa shape index (κ2) is 36.5. The molecular formula is C48H74NO12P. The molecule has 1 rings (SSSR count). The lowest BCUT2D eigenvalue weighted by molar-refractivity contribution is -0.161. The van der Waals surface area contributed by atoms with Crippen LogP contribution in [-0.4, -0.2) is 76.9 Å². The van der Waals surface area contributed by atoms with Crippen LogP contribution in [0.1, 0.15) is 129 Å². The molecule has 0 radical (unpaired) electrons. The summed E-state index contributed by atoms with van der Waals surface area (Å²) in [5.74, 6) is -2.95. The van der Waals surface area contributed by atoms with Crippen molar-refractivity contribution in [2.45, 2.75) is 148 Å². The molecule has 62 heavy (non-hydrogen) atoms. The van der Waals surface area contributed by atoms with Gasteiger partial charge in [-0.3, -0.25) is 28.2 Å². The molecule has 0 aromatic heterocycles. The lowest BCUT2D eigenvalue weighted by Gasteiger charge is -2.20. The highest BCUT2D eigenvalue weighted by Crippen LogP contribution is 2.43. The molecule has 0 aromatic carbocycles. The normalized spacial score (nSPS) is 18.4. The molecule has 0 bridgehead atoms. The lowest BCUT2D eigenvalue weighted by atomic mass is 9.90. The van der Waals surface area contributed by atoms with Crippen LogP contribution in [0.15, 0.2) is 97.2 Å². The van der Waals surface area contributed by atoms with Crippen molar-refractivity contribution < 1.29 is 57.4 Å². The van der Waals surface area contributed by atoms with E-state index in [4.69, 9.17) is 24.8 Å². The number of allylic oxidation sites excluding steroid dienone is 15. The van der Waals surface area contributed by atoms with Gasteiger partial charge in [-0.25, -0.2) is 4.57 Å². The van der Waals surface area contributed by atoms with E-state index in [1.165, 1.54) is 0 Å². The number of unbranched alkanes of at least 4 members (excludes halogenated alkanes) is 6. The zero-order chi connectivity index (χ0) is 45.7. The van der Waals surface area contributed by atoms with Gasteiger partial charge in [0.15, 0.2) is 11.9 Å². The van der Waals surface area contributed by atoms with Crippen LogP contribution in [0.2, 0.25) is 0 Å². The predicted molar refractivity (Wildman–Crippen MR) is 244 cm³/mol. The van der Waals surface area contributed by atoms with Gasteiger partial charge in [-0.2, -0.15) is 0 Å². The van der Waals surface area contributed by atoms with Crippen LogP contribution in [0.5, 0.6) is 0 Å². The Kier molecular flexibility index (Phi) is 33.0. The first-order valence-electron chi connectivity index (χ1n) is 22.3. The second-order valence-electron chi connectivity index (χ2n) is 15.1. The minimum Gasteiger partial charge on any atom is -0.480 e. The largest absolute Gasteiger partial charge is 0.480 e. The van der Waals surface area contributed by atoms with Crippen LogP contribution >= 0.6 is 7.82 Å². The number of esters is 2. The molecule has 1 unspecified atom stereocenters. The molecule has 0 amide bonds. The van der Waals surface area contributed by atoms with Gasteiger partial charge in [0.2, 0.25) is 0 Å². The molecule has 0 saturated heterocycles. The van der Waals surface area contributed by atoms with Gasteiger partial charge in [0.05, 0.1) is 19.3 Å². The van der Waals surface area contributed by atoms with Crippen molar-refractivity contribution in [2.24, 2.45) is 17.6 Å². The topological polar surface area (TPSA) is 209 Å². The number of hydrogen-bond donors (Lipinski definition) is 4. The minimum atomic E-state index is -4.79. The van der Waals surface area contributed by atoms with Gasteiger partial charge < -0.3 is 30.3 Å². The average molecular weight is 888 g/mol. The number of phosphoric ester groups is 1. The summed E-state index contributed by atoms with van der Waals surface area (Å²) in [4.78, 5) is 58.6. The van der Waals surface area contributed by atoms with Crippen LogP contribution < -0.4 is 5.73 Å². The highest BCUT2D eigenvalue weighted by atomic mass is 31.2. The van der Waals surface area contributed by atoms with E-state index in [1.54, 1.807) is 18.2 Å². The number of aliphatic hydroxyl groups excluding tert-OH is 1. The number of hydrogen-bond acceptors (Lipinski definition) is 11. The van der Waals surface area contributed by atoms with Gasteiger partial charge in [-0.05, 0) is 89.0 Å². The van der Waals surface area contributed by atoms with Gasteiger partial charge in [0.25, 0.3) is 0 Å². The Hall–Kier alpha value is -3.97. The number of nitrogens with two attached hydrogens (primary N) is 1. The Morgan fingerprint density at radius 2 is 1.35 bits per heavy atom. The standard InChI is InChI=1S/C48H74NO12P/c1-3-5-7-8-9-10-11-12-13-14-15-16-17-18-19-20-21-22-27-31-46(52)58-37-42(38-59-62(56,57)60-39-44(49)48(54)55)61-47(53)32-28-24-23-26-29-40-33-36-45(51)43(40)35-34-41(50)30-25-6-4-2/h5,7,9-10,12-13,15-16,18-19,23,26,33-36,40-44,50H,3-4,6,8,11,14,17,20-22,24-25,27-32,37-39,49H2,1-2H3,(H,54,55)(H,56,57)/b7-5-,10-9-,13-12-,16-15-,19-18-,26-23-,35-34+/t40-,41-,42+,43+,44-/m0/s1. The summed E-state index contributed by atoms with van der Waals surface area (Å²) in [6.45, 7) is 2.33. The summed E-state index contributed by atoms with van der Waals surface area (Å²) < 4.78 is 32.7. The van der Waals surface area contributed by atoms with Crippen LogP contribution in [0.3, 0.4) is 0 Å². The van der Waals surface area contributed by atoms with Crippen molar-refractivity contribution >= 4 is 31.5 Å². The van der Waals surface area contributed by atoms with Gasteiger partial charge in [0.1, 0.15) is 12.6 Å². The third-order valence-corrected chi connectivity index (χ3v) is 10.5. The molecule has 1 aliphatic rings. The number of aliphatic hydroxyl groups is 1. The Morgan fingerprint density at radius 3 is 2.00 bits per heavy atom. The minimum absolute atomic E-state index is 0.00345. The first kappa shape index (κ1) is 56.0. The van der Waals surface area contributed by atoms with E-state index in [2.05, 4.69) is 79.1 Å². The Balaban J connectivity index is 2.48. The fourth-order valence-corrected chi connectivity index (χ4v) is 6.74. The zero-order valence-electron chi connectivity index (χ0n) is 37.0. The van der Waals surface area contributed by atoms with Crippen molar-refractivity contribution in [2.75, 3.05) is 19.8 Å². The van der Waals surface area contributed by atoms with E-state index < -0.39 is 63.8 Å². The SMILES string of the molecule is CC/C=C\C/C=C\C/C=C\C/C=C\C/C=C\CCCCCC(=O)OC[C@H](COP(=O)(O)OC[C@H](N)C(=O)O)OC(=O)CCC/C=C\C[C@H]1C=CC(=O)[C@@H]1/C=C/[C@@H](O)CCCCC. The van der Waals surface area contributed by atoms with Gasteiger partial charge >= 0.3 is 25.7 Å². The van der Waals surface area contributed by atoms with E-state index in [0.29, 0.717) is 32.1 Å². The first-order chi connectivity index (χ1) is 29.9. The molecule has 6 atom stereocenters. The summed E-state index contributed by atoms with van der Waals surface area (Å²) in [5.41, 5.74) is 5.33. The number of ketones is 1. The zero-order valence-corrected chi connectivity index (χ0v) is 37.9. The highest BCUT2D eigenvalue weighted by molar-refractivity contribution is 7.47. The summed E-state index contributed by atoms with van der Waals surface area (Å²) >= 11 is 0. The molecule has 0 saturated carbocycles. The van der Waals surface area contributed by atoms with Crippen molar-refractivity contribution in [3.63, 3.8) is 0 Å². The third-order valence-electron chi connectivity index (χ3n) is 9.56. The summed E-state index contributed by atoms with van der Waals surface area (Å²) in [5, 5.41) is 19.1. The summed E-state index contributed by atoms with van der Waals surface area (Å²) in [6, 6.07) is -1.57. The number of phosphoric acid groups is 1. The van der Waals surface area contributed by atoms with Crippen molar-refractivity contribution in [3.8, 4) is 0 Å². The van der Waals surface area contributed by atoms with E-state index in [0.717, 1.165) is 70.6 Å². The van der Waals surface area contributed by atoms with E-state index in [9.17, 15) is 33.7 Å². The number of carboxylic acids is 1. The smallest absolute Gasteiger partial charge is 0.472 e. The molecule has 1 aliphatic carbocycles. The van der Waals surface area contributed by atoms with Crippen molar-refractivity contribution in [1.82, 2.24) is 0 Å². The Labute approximate surface area is 370 Å². The molecule has 0 fully saturated rings. The lowest BCUT2D eigenvalue weighted by Crippen LogP contribution is -2.34. The van der Waals surface area contributed by atoms with E-state index in [1.807, 2.05) is 18.2 Å². The van der Waals surface area contributed by atoms with Crippen molar-refractivity contribution in [3.05, 3.63) is 97.2 Å². The highest BCUT2D eigenvalue weighted by Gasteiger charge is 2.29. The molecule has 0 heterocycles. The van der Waals surface area contributed by atoms with E-state index in [-0.39, 0.29) is 30.5 Å². The maximum Gasteiger partial charge on any atom is 0.472 e. The van der Waals surface area contributed by atoms with Gasteiger partial charge in [0, 0.05) is 18.8 Å². The van der Waals surface area contributed by atoms with Crippen LogP contribution in [-0.2, 0) is 42.3 Å². The maximum atomic E-state index is 12.7. The third kappa shape index (κ3) is 31.0. The van der Waals surface area contributed by atoms with Gasteiger partial charge in [-0.1, -0.05) is 131 Å². The molecule has 0 spiro atoms. The van der Waals surface area contributed by atoms with Gasteiger partial charge in [-0.15, -0.1) is 0 Å². The van der Waals surface area contributed by atoms with Crippen LogP contribution in [0.25, 0.3) is 0 Å². The number of ether oxygens (including phenoxy) is 2. The van der Waals surface area contributed by atoms with Crippen molar-refractivity contribution in [1.29, 1.82) is 0 Å². The Morgan fingerprint density at radius 1 is 0.758 bits per heavy atom. The molecule has 14 heteroatoms. The number of aliphatic carboxylic acids is 1.